The Kier molecular flexibility index (Phi) is 12.3. The second-order valence-corrected chi connectivity index (χ2v) is 25.1. The van der Waals surface area contributed by atoms with E-state index in [4.69, 9.17) is 34.3 Å². The standard InChI is InChI=1S/C43H25N3O.C43H25N3S/c1-2-9-27(10-3-1)41-44-42(46-43(45-41)30-17-21-38-37-12-6-7-13-39(37)47-40(38)25-30)29-16-18-32-28(24-29)15-20-36-34(32)23-22-33-31-11-5-4-8-26(31)14-19-35(33)36;1-2-9-27(10-3-1)41-44-42(46-43(45-41)30-17-23-40-38(25-30)37-12-6-7-13-39(37)47-40)29-16-18-32-28(24-29)15-20-36-34(32)22-21-33-31-11-5-4-8-26(31)14-19-35(33)36/h2*1-25H. The van der Waals surface area contributed by atoms with E-state index in [0.29, 0.717) is 34.9 Å². The van der Waals surface area contributed by atoms with E-state index < -0.39 is 0 Å². The van der Waals surface area contributed by atoms with Gasteiger partial charge < -0.3 is 4.42 Å². The van der Waals surface area contributed by atoms with Crippen LogP contribution in [-0.2, 0) is 0 Å². The minimum absolute atomic E-state index is 0.605. The molecule has 0 radical (unpaired) electrons. The van der Waals surface area contributed by atoms with Crippen LogP contribution in [0.5, 0.6) is 0 Å². The van der Waals surface area contributed by atoms with E-state index in [1.807, 2.05) is 84.1 Å². The van der Waals surface area contributed by atoms with Crippen molar-refractivity contribution < 1.29 is 4.42 Å². The Balaban J connectivity index is 0.000000133. The summed E-state index contributed by atoms with van der Waals surface area (Å²) in [5, 5.41) is 24.6. The molecular formula is C86H50N6OS. The molecule has 0 unspecified atom stereocenters. The van der Waals surface area contributed by atoms with Gasteiger partial charge in [0, 0.05) is 64.3 Å². The van der Waals surface area contributed by atoms with Gasteiger partial charge in [-0.2, -0.15) is 0 Å². The van der Waals surface area contributed by atoms with Gasteiger partial charge >= 0.3 is 0 Å². The summed E-state index contributed by atoms with van der Waals surface area (Å²) in [6.45, 7) is 0. The lowest BCUT2D eigenvalue weighted by Gasteiger charge is -2.12. The Hall–Kier alpha value is -12.4. The van der Waals surface area contributed by atoms with Crippen LogP contribution < -0.4 is 0 Å². The van der Waals surface area contributed by atoms with Crippen LogP contribution in [-0.4, -0.2) is 29.9 Å². The fourth-order valence-corrected chi connectivity index (χ4v) is 15.1. The molecule has 0 saturated heterocycles. The highest BCUT2D eigenvalue weighted by molar-refractivity contribution is 7.25. The Morgan fingerprint density at radius 1 is 0.181 bits per heavy atom. The lowest BCUT2D eigenvalue weighted by Crippen LogP contribution is -2.00. The zero-order valence-corrected chi connectivity index (χ0v) is 51.2. The monoisotopic (exact) mass is 1210 g/mol. The highest BCUT2D eigenvalue weighted by Gasteiger charge is 2.19. The number of benzene rings is 16. The van der Waals surface area contributed by atoms with Gasteiger partial charge in [-0.15, -0.1) is 11.3 Å². The molecule has 0 amide bonds. The predicted octanol–water partition coefficient (Wildman–Crippen LogP) is 23.2. The Morgan fingerprint density at radius 2 is 0.500 bits per heavy atom. The molecule has 0 aliphatic carbocycles. The van der Waals surface area contributed by atoms with Crippen LogP contribution in [0.25, 0.3) is 197 Å². The molecule has 16 aromatic carbocycles. The third-order valence-electron chi connectivity index (χ3n) is 18.6. The second-order valence-electron chi connectivity index (χ2n) is 24.1. The van der Waals surface area contributed by atoms with E-state index in [1.165, 1.54) is 95.6 Å². The van der Waals surface area contributed by atoms with Gasteiger partial charge in [-0.1, -0.05) is 249 Å². The Bertz CT molecular complexity index is 6490. The van der Waals surface area contributed by atoms with E-state index in [0.717, 1.165) is 66.1 Å². The molecule has 20 aromatic rings. The normalized spacial score (nSPS) is 11.8. The molecule has 0 saturated carbocycles. The summed E-state index contributed by atoms with van der Waals surface area (Å²) >= 11 is 1.82. The number of rotatable bonds is 6. The number of nitrogens with zero attached hydrogens (tertiary/aromatic N) is 6. The minimum Gasteiger partial charge on any atom is -0.456 e. The van der Waals surface area contributed by atoms with Crippen molar-refractivity contribution in [2.45, 2.75) is 0 Å². The number of furan rings is 1. The molecule has 0 aliphatic rings. The summed E-state index contributed by atoms with van der Waals surface area (Å²) in [5.41, 5.74) is 7.34. The third kappa shape index (κ3) is 9.02. The third-order valence-corrected chi connectivity index (χ3v) is 19.8. The molecule has 20 rings (SSSR count). The Morgan fingerprint density at radius 3 is 1.01 bits per heavy atom. The molecule has 0 aliphatic heterocycles. The number of aromatic nitrogens is 6. The minimum atomic E-state index is 0.605. The molecule has 4 heterocycles. The van der Waals surface area contributed by atoms with Crippen molar-refractivity contribution >= 4 is 140 Å². The summed E-state index contributed by atoms with van der Waals surface area (Å²) in [5.74, 6) is 3.87. The van der Waals surface area contributed by atoms with E-state index in [2.05, 4.69) is 231 Å². The first-order chi connectivity index (χ1) is 46.5. The largest absolute Gasteiger partial charge is 0.456 e. The summed E-state index contributed by atoms with van der Waals surface area (Å²) in [7, 11) is 0. The fraction of sp³-hybridized carbons (Fsp3) is 0. The second kappa shape index (κ2) is 21.7. The highest BCUT2D eigenvalue weighted by atomic mass is 32.1. The zero-order chi connectivity index (χ0) is 61.8. The first kappa shape index (κ1) is 53.5. The molecule has 436 valence electrons. The maximum Gasteiger partial charge on any atom is 0.164 e. The van der Waals surface area contributed by atoms with Crippen LogP contribution in [0, 0.1) is 0 Å². The quantitative estimate of drug-likeness (QED) is 0.153. The number of thiophene rings is 1. The van der Waals surface area contributed by atoms with Gasteiger partial charge in [0.1, 0.15) is 11.2 Å². The molecule has 7 nitrogen and oxygen atoms in total. The molecule has 0 fully saturated rings. The molecular weight excluding hydrogens is 1170 g/mol. The van der Waals surface area contributed by atoms with Crippen LogP contribution in [0.15, 0.2) is 308 Å². The lowest BCUT2D eigenvalue weighted by atomic mass is 9.94. The topological polar surface area (TPSA) is 90.5 Å². The van der Waals surface area contributed by atoms with Gasteiger partial charge in [-0.3, -0.25) is 0 Å². The molecule has 4 aromatic heterocycles. The lowest BCUT2D eigenvalue weighted by molar-refractivity contribution is 0.669. The smallest absolute Gasteiger partial charge is 0.164 e. The van der Waals surface area contributed by atoms with Crippen molar-refractivity contribution in [3.8, 4) is 68.3 Å². The first-order valence-corrected chi connectivity index (χ1v) is 32.4. The molecule has 0 bridgehead atoms. The zero-order valence-electron chi connectivity index (χ0n) is 50.4. The summed E-state index contributed by atoms with van der Waals surface area (Å²) in [6.07, 6.45) is 0. The van der Waals surface area contributed by atoms with Gasteiger partial charge in [-0.05, 0) is 141 Å². The summed E-state index contributed by atoms with van der Waals surface area (Å²) in [6, 6.07) is 107. The van der Waals surface area contributed by atoms with Crippen molar-refractivity contribution in [3.05, 3.63) is 303 Å². The van der Waals surface area contributed by atoms with Gasteiger partial charge in [0.15, 0.2) is 34.9 Å². The SMILES string of the molecule is c1ccc(-c2nc(-c3ccc4c(ccc5c4ccc4c6ccccc6ccc45)c3)nc(-c3ccc4c(c3)oc3ccccc34)n2)cc1.c1ccc(-c2nc(-c3ccc4c(ccc5c4ccc4c6ccccc6ccc45)c3)nc(-c3ccc4sc5ccccc5c4c3)n2)cc1. The Labute approximate surface area is 542 Å². The van der Waals surface area contributed by atoms with Gasteiger partial charge in [-0.25, -0.2) is 29.9 Å². The molecule has 8 heteroatoms. The van der Waals surface area contributed by atoms with Crippen molar-refractivity contribution in [1.82, 2.24) is 29.9 Å². The molecule has 94 heavy (non-hydrogen) atoms. The maximum absolute atomic E-state index is 6.20. The van der Waals surface area contributed by atoms with E-state index in [9.17, 15) is 0 Å². The fourth-order valence-electron chi connectivity index (χ4n) is 14.0. The average Bonchev–Trinajstić information content (AvgIpc) is 1.12. The summed E-state index contributed by atoms with van der Waals surface area (Å²) in [4.78, 5) is 30.1. The highest BCUT2D eigenvalue weighted by Crippen LogP contribution is 2.41. The van der Waals surface area contributed by atoms with E-state index in [-0.39, 0.29) is 0 Å². The summed E-state index contributed by atoms with van der Waals surface area (Å²) < 4.78 is 8.75. The first-order valence-electron chi connectivity index (χ1n) is 31.5. The van der Waals surface area contributed by atoms with Crippen LogP contribution in [0.2, 0.25) is 0 Å². The van der Waals surface area contributed by atoms with E-state index >= 15 is 0 Å². The molecule has 0 N–H and O–H groups in total. The van der Waals surface area contributed by atoms with Crippen molar-refractivity contribution in [1.29, 1.82) is 0 Å². The van der Waals surface area contributed by atoms with Crippen molar-refractivity contribution in [2.24, 2.45) is 0 Å². The van der Waals surface area contributed by atoms with E-state index in [1.54, 1.807) is 0 Å². The number of hydrogen-bond acceptors (Lipinski definition) is 8. The van der Waals surface area contributed by atoms with Crippen LogP contribution >= 0.6 is 11.3 Å². The number of hydrogen-bond donors (Lipinski definition) is 0. The van der Waals surface area contributed by atoms with Gasteiger partial charge in [0.05, 0.1) is 0 Å². The van der Waals surface area contributed by atoms with Gasteiger partial charge in [0.2, 0.25) is 0 Å². The van der Waals surface area contributed by atoms with Crippen LogP contribution in [0.4, 0.5) is 0 Å². The number of para-hydroxylation sites is 1. The predicted molar refractivity (Wildman–Crippen MR) is 392 cm³/mol. The average molecular weight is 1220 g/mol. The molecule has 0 atom stereocenters. The van der Waals surface area contributed by atoms with Gasteiger partial charge in [0.25, 0.3) is 0 Å². The molecule has 0 spiro atoms. The van der Waals surface area contributed by atoms with Crippen molar-refractivity contribution in [2.75, 3.05) is 0 Å². The number of fused-ring (bicyclic) bond motifs is 20. The van der Waals surface area contributed by atoms with Crippen molar-refractivity contribution in [3.63, 3.8) is 0 Å². The van der Waals surface area contributed by atoms with Crippen LogP contribution in [0.1, 0.15) is 0 Å². The van der Waals surface area contributed by atoms with Crippen LogP contribution in [0.3, 0.4) is 0 Å². The maximum atomic E-state index is 6.20.